The third-order valence-corrected chi connectivity index (χ3v) is 4.98. The molecule has 1 aliphatic rings. The highest BCUT2D eigenvalue weighted by Crippen LogP contribution is 2.45. The molecule has 33 heavy (non-hydrogen) atoms. The number of hydrogen-bond acceptors (Lipinski definition) is 6. The molecule has 3 aromatic rings. The van der Waals surface area contributed by atoms with Crippen molar-refractivity contribution in [2.24, 2.45) is 4.99 Å². The van der Waals surface area contributed by atoms with Gasteiger partial charge in [0.2, 0.25) is 5.88 Å². The predicted molar refractivity (Wildman–Crippen MR) is 117 cm³/mol. The maximum Gasteiger partial charge on any atom is 0.416 e. The summed E-state index contributed by atoms with van der Waals surface area (Å²) in [5.41, 5.74) is 0.124. The third kappa shape index (κ3) is 4.50. The Kier molecular flexibility index (Phi) is 5.75. The SMILES string of the molecule is CC(C)Oc1nccc2c1C(c1ccccc1C(F)(F)F)N=C(c1cccc([N+](=O)[O-])c1)N2. The van der Waals surface area contributed by atoms with E-state index in [1.54, 1.807) is 26.0 Å². The topological polar surface area (TPSA) is 89.7 Å². The van der Waals surface area contributed by atoms with Crippen molar-refractivity contribution in [3.05, 3.63) is 93.2 Å². The minimum Gasteiger partial charge on any atom is -0.475 e. The standard InChI is InChI=1S/C23H19F3N4O3/c1-13(2)33-22-19-18(10-11-27-22)28-21(14-6-5-7-15(12-14)30(31)32)29-20(19)16-8-3-4-9-17(16)23(24,25)26/h3-13,20H,1-2H3,(H,28,29). The number of anilines is 1. The quantitative estimate of drug-likeness (QED) is 0.390. The number of nitro benzene ring substituents is 1. The van der Waals surface area contributed by atoms with Crippen LogP contribution in [0.15, 0.2) is 65.8 Å². The van der Waals surface area contributed by atoms with Gasteiger partial charge in [-0.25, -0.2) is 4.98 Å². The lowest BCUT2D eigenvalue weighted by Gasteiger charge is -2.29. The zero-order valence-corrected chi connectivity index (χ0v) is 17.6. The first-order valence-electron chi connectivity index (χ1n) is 10.1. The van der Waals surface area contributed by atoms with E-state index in [9.17, 15) is 23.3 Å². The van der Waals surface area contributed by atoms with Crippen LogP contribution in [-0.4, -0.2) is 21.8 Å². The molecular weight excluding hydrogens is 437 g/mol. The first kappa shape index (κ1) is 22.3. The number of aliphatic imine (C=N–C) groups is 1. The molecule has 10 heteroatoms. The summed E-state index contributed by atoms with van der Waals surface area (Å²) in [5, 5.41) is 14.3. The molecular formula is C23H19F3N4O3. The Balaban J connectivity index is 1.94. The molecule has 0 radical (unpaired) electrons. The number of rotatable bonds is 5. The van der Waals surface area contributed by atoms with Crippen LogP contribution in [0.3, 0.4) is 0 Å². The number of non-ortho nitro benzene ring substituents is 1. The molecule has 0 saturated heterocycles. The second-order valence-electron chi connectivity index (χ2n) is 7.64. The van der Waals surface area contributed by atoms with E-state index in [1.807, 2.05) is 0 Å². The Morgan fingerprint density at radius 3 is 2.58 bits per heavy atom. The fourth-order valence-corrected chi connectivity index (χ4v) is 3.63. The van der Waals surface area contributed by atoms with Gasteiger partial charge in [0, 0.05) is 23.9 Å². The number of ether oxygens (including phenoxy) is 1. The van der Waals surface area contributed by atoms with Crippen LogP contribution in [0, 0.1) is 10.1 Å². The number of nitrogens with zero attached hydrogens (tertiary/aromatic N) is 3. The summed E-state index contributed by atoms with van der Waals surface area (Å²) in [6.45, 7) is 3.57. The second kappa shape index (κ2) is 8.53. The average Bonchev–Trinajstić information content (AvgIpc) is 2.77. The molecule has 0 spiro atoms. The van der Waals surface area contributed by atoms with Gasteiger partial charge in [-0.2, -0.15) is 13.2 Å². The number of benzene rings is 2. The van der Waals surface area contributed by atoms with Gasteiger partial charge < -0.3 is 10.1 Å². The highest BCUT2D eigenvalue weighted by molar-refractivity contribution is 6.10. The van der Waals surface area contributed by atoms with Crippen molar-refractivity contribution >= 4 is 17.2 Å². The molecule has 4 rings (SSSR count). The molecule has 0 fully saturated rings. The van der Waals surface area contributed by atoms with E-state index < -0.39 is 22.7 Å². The van der Waals surface area contributed by atoms with Crippen molar-refractivity contribution in [1.29, 1.82) is 0 Å². The normalized spacial score (nSPS) is 15.5. The Bertz CT molecular complexity index is 1240. The van der Waals surface area contributed by atoms with Gasteiger partial charge in [0.05, 0.1) is 27.8 Å². The smallest absolute Gasteiger partial charge is 0.416 e. The van der Waals surface area contributed by atoms with Gasteiger partial charge in [-0.05, 0) is 31.5 Å². The van der Waals surface area contributed by atoms with Crippen molar-refractivity contribution in [1.82, 2.24) is 4.98 Å². The van der Waals surface area contributed by atoms with Crippen molar-refractivity contribution in [3.8, 4) is 5.88 Å². The fourth-order valence-electron chi connectivity index (χ4n) is 3.63. The van der Waals surface area contributed by atoms with Crippen LogP contribution in [0.2, 0.25) is 0 Å². The monoisotopic (exact) mass is 456 g/mol. The van der Waals surface area contributed by atoms with Gasteiger partial charge in [-0.1, -0.05) is 30.3 Å². The third-order valence-electron chi connectivity index (χ3n) is 4.98. The molecule has 2 aromatic carbocycles. The first-order valence-corrected chi connectivity index (χ1v) is 10.1. The zero-order valence-electron chi connectivity index (χ0n) is 17.6. The molecule has 0 saturated carbocycles. The van der Waals surface area contributed by atoms with Crippen molar-refractivity contribution in [3.63, 3.8) is 0 Å². The number of amidine groups is 1. The average molecular weight is 456 g/mol. The van der Waals surface area contributed by atoms with Gasteiger partial charge in [-0.15, -0.1) is 0 Å². The van der Waals surface area contributed by atoms with Gasteiger partial charge in [0.1, 0.15) is 11.9 Å². The summed E-state index contributed by atoms with van der Waals surface area (Å²) in [4.78, 5) is 19.5. The van der Waals surface area contributed by atoms with Gasteiger partial charge >= 0.3 is 6.18 Å². The van der Waals surface area contributed by atoms with E-state index in [0.717, 1.165) is 6.07 Å². The molecule has 1 aromatic heterocycles. The lowest BCUT2D eigenvalue weighted by atomic mass is 9.92. The molecule has 1 unspecified atom stereocenters. The van der Waals surface area contributed by atoms with E-state index >= 15 is 0 Å². The molecule has 1 aliphatic heterocycles. The molecule has 170 valence electrons. The maximum atomic E-state index is 13.9. The second-order valence-corrected chi connectivity index (χ2v) is 7.64. The summed E-state index contributed by atoms with van der Waals surface area (Å²) in [5.74, 6) is 0.369. The number of pyridine rings is 1. The van der Waals surface area contributed by atoms with Crippen molar-refractivity contribution in [2.45, 2.75) is 32.2 Å². The molecule has 0 aliphatic carbocycles. The zero-order chi connectivity index (χ0) is 23.8. The van der Waals surface area contributed by atoms with Crippen LogP contribution in [0.25, 0.3) is 0 Å². The minimum absolute atomic E-state index is 0.0720. The Morgan fingerprint density at radius 2 is 1.88 bits per heavy atom. The van der Waals surface area contributed by atoms with Gasteiger partial charge in [0.25, 0.3) is 5.69 Å². The summed E-state index contributed by atoms with van der Waals surface area (Å²) in [6.07, 6.45) is -3.40. The minimum atomic E-state index is -4.61. The largest absolute Gasteiger partial charge is 0.475 e. The Labute approximate surface area is 187 Å². The molecule has 1 N–H and O–H groups in total. The highest BCUT2D eigenvalue weighted by atomic mass is 19.4. The molecule has 0 amide bonds. The van der Waals surface area contributed by atoms with Crippen LogP contribution >= 0.6 is 0 Å². The first-order chi connectivity index (χ1) is 15.6. The summed E-state index contributed by atoms with van der Waals surface area (Å²) >= 11 is 0. The summed E-state index contributed by atoms with van der Waals surface area (Å²) in [6, 6.07) is 11.4. The van der Waals surface area contributed by atoms with Crippen LogP contribution in [-0.2, 0) is 6.18 Å². The number of aromatic nitrogens is 1. The molecule has 2 heterocycles. The summed E-state index contributed by atoms with van der Waals surface area (Å²) in [7, 11) is 0. The lowest BCUT2D eigenvalue weighted by molar-refractivity contribution is -0.384. The van der Waals surface area contributed by atoms with E-state index in [2.05, 4.69) is 15.3 Å². The number of hydrogen-bond donors (Lipinski definition) is 1. The number of nitro groups is 1. The van der Waals surface area contributed by atoms with E-state index in [0.29, 0.717) is 16.8 Å². The van der Waals surface area contributed by atoms with E-state index in [-0.39, 0.29) is 29.1 Å². The number of alkyl halides is 3. The Hall–Kier alpha value is -3.95. The summed E-state index contributed by atoms with van der Waals surface area (Å²) < 4.78 is 47.4. The maximum absolute atomic E-state index is 13.9. The number of fused-ring (bicyclic) bond motifs is 1. The number of halogens is 3. The van der Waals surface area contributed by atoms with E-state index in [4.69, 9.17) is 4.74 Å². The van der Waals surface area contributed by atoms with E-state index in [1.165, 1.54) is 42.6 Å². The van der Waals surface area contributed by atoms with Gasteiger partial charge in [-0.3, -0.25) is 15.1 Å². The molecule has 7 nitrogen and oxygen atoms in total. The van der Waals surface area contributed by atoms with Crippen molar-refractivity contribution < 1.29 is 22.8 Å². The molecule has 0 bridgehead atoms. The predicted octanol–water partition coefficient (Wildman–Crippen LogP) is 5.76. The van der Waals surface area contributed by atoms with Gasteiger partial charge in [0.15, 0.2) is 0 Å². The van der Waals surface area contributed by atoms with Crippen LogP contribution in [0.1, 0.15) is 42.1 Å². The highest BCUT2D eigenvalue weighted by Gasteiger charge is 2.38. The van der Waals surface area contributed by atoms with Crippen LogP contribution in [0.5, 0.6) is 5.88 Å². The fraction of sp³-hybridized carbons (Fsp3) is 0.217. The lowest BCUT2D eigenvalue weighted by Crippen LogP contribution is -2.25. The van der Waals surface area contributed by atoms with Crippen molar-refractivity contribution in [2.75, 3.05) is 5.32 Å². The number of nitrogens with one attached hydrogen (secondary N) is 1. The Morgan fingerprint density at radius 1 is 1.12 bits per heavy atom. The van der Waals surface area contributed by atoms with Crippen LogP contribution < -0.4 is 10.1 Å². The molecule has 1 atom stereocenters. The van der Waals surface area contributed by atoms with Crippen LogP contribution in [0.4, 0.5) is 24.5 Å².